The minimum atomic E-state index is -1.45. The molecule has 2 aromatic rings. The highest BCUT2D eigenvalue weighted by Crippen LogP contribution is 2.27. The van der Waals surface area contributed by atoms with Crippen LogP contribution >= 0.6 is 46.4 Å². The van der Waals surface area contributed by atoms with Crippen molar-refractivity contribution in [1.29, 1.82) is 0 Å². The predicted molar refractivity (Wildman–Crippen MR) is 104 cm³/mol. The molecule has 0 aliphatic carbocycles. The molecular formula is C16H11Cl4N3O3. The van der Waals surface area contributed by atoms with E-state index in [1.54, 1.807) is 0 Å². The fraction of sp³-hybridized carbons (Fsp3) is 0.0625. The van der Waals surface area contributed by atoms with Crippen LogP contribution in [-0.2, 0) is 9.59 Å². The van der Waals surface area contributed by atoms with Crippen LogP contribution < -0.4 is 10.6 Å². The van der Waals surface area contributed by atoms with Crippen LogP contribution in [-0.4, -0.2) is 23.2 Å². The molecule has 10 heteroatoms. The lowest BCUT2D eigenvalue weighted by molar-refractivity contribution is -0.126. The van der Waals surface area contributed by atoms with Crippen molar-refractivity contribution >= 4 is 75.8 Å². The highest BCUT2D eigenvalue weighted by molar-refractivity contribution is 6.38. The van der Waals surface area contributed by atoms with Gasteiger partial charge in [0.05, 0.1) is 27.6 Å². The molecule has 0 bridgehead atoms. The van der Waals surface area contributed by atoms with Crippen LogP contribution in [0.1, 0.15) is 0 Å². The largest absolute Gasteiger partial charge is 0.411 e. The number of carbonyl (C=O) groups excluding carboxylic acids is 2. The number of amides is 2. The molecule has 0 saturated carbocycles. The Labute approximate surface area is 168 Å². The molecule has 2 amide bonds. The number of hydrogen-bond donors (Lipinski definition) is 3. The van der Waals surface area contributed by atoms with Gasteiger partial charge in [-0.15, -0.1) is 5.16 Å². The Bertz CT molecular complexity index is 808. The molecule has 2 aromatic carbocycles. The van der Waals surface area contributed by atoms with Gasteiger partial charge in [0.2, 0.25) is 11.8 Å². The Morgan fingerprint density at radius 3 is 1.65 bits per heavy atom. The van der Waals surface area contributed by atoms with Crippen molar-refractivity contribution < 1.29 is 14.8 Å². The number of nitrogens with zero attached hydrogens (tertiary/aromatic N) is 1. The normalized spacial score (nSPS) is 11.0. The van der Waals surface area contributed by atoms with Crippen LogP contribution in [0.3, 0.4) is 0 Å². The fourth-order valence-corrected chi connectivity index (χ4v) is 2.84. The standard InChI is InChI=1S/C16H11Cl4N3O3/c17-8-1-3-13(11(19)5-8)22-15(24)10(7-21-26)16(25)23-14-4-2-9(18)6-12(14)20/h1-7,10,26H,(H,22,24)(H,23,25). The smallest absolute Gasteiger partial charge is 0.242 e. The van der Waals surface area contributed by atoms with Gasteiger partial charge in [-0.2, -0.15) is 0 Å². The molecule has 2 rings (SSSR count). The quantitative estimate of drug-likeness (QED) is 0.269. The molecule has 0 radical (unpaired) electrons. The number of benzene rings is 2. The topological polar surface area (TPSA) is 90.8 Å². The number of nitrogens with one attached hydrogen (secondary N) is 2. The Balaban J connectivity index is 2.18. The second-order valence-electron chi connectivity index (χ2n) is 4.97. The summed E-state index contributed by atoms with van der Waals surface area (Å²) < 4.78 is 0. The fourth-order valence-electron chi connectivity index (χ4n) is 1.92. The third-order valence-electron chi connectivity index (χ3n) is 3.16. The molecule has 0 spiro atoms. The molecule has 0 unspecified atom stereocenters. The summed E-state index contributed by atoms with van der Waals surface area (Å²) in [6.07, 6.45) is 0.776. The lowest BCUT2D eigenvalue weighted by Crippen LogP contribution is -2.35. The third kappa shape index (κ3) is 5.25. The van der Waals surface area contributed by atoms with Crippen molar-refractivity contribution in [2.75, 3.05) is 10.6 Å². The summed E-state index contributed by atoms with van der Waals surface area (Å²) >= 11 is 23.6. The second-order valence-corrected chi connectivity index (χ2v) is 6.66. The van der Waals surface area contributed by atoms with Crippen LogP contribution in [0.25, 0.3) is 0 Å². The minimum absolute atomic E-state index is 0.187. The molecule has 0 aromatic heterocycles. The molecule has 0 atom stereocenters. The monoisotopic (exact) mass is 433 g/mol. The first-order chi connectivity index (χ1) is 12.3. The molecule has 3 N–H and O–H groups in total. The Morgan fingerprint density at radius 2 is 1.31 bits per heavy atom. The zero-order chi connectivity index (χ0) is 19.3. The van der Waals surface area contributed by atoms with Gasteiger partial charge in [0.1, 0.15) is 0 Å². The van der Waals surface area contributed by atoms with Gasteiger partial charge in [-0.1, -0.05) is 46.4 Å². The first kappa shape index (κ1) is 20.3. The van der Waals surface area contributed by atoms with E-state index in [1.807, 2.05) is 0 Å². The minimum Gasteiger partial charge on any atom is -0.411 e. The third-order valence-corrected chi connectivity index (χ3v) is 4.25. The van der Waals surface area contributed by atoms with Crippen molar-refractivity contribution in [2.24, 2.45) is 11.1 Å². The van der Waals surface area contributed by atoms with E-state index in [1.165, 1.54) is 36.4 Å². The zero-order valence-electron chi connectivity index (χ0n) is 12.8. The maximum Gasteiger partial charge on any atom is 0.242 e. The average Bonchev–Trinajstić information content (AvgIpc) is 2.57. The average molecular weight is 435 g/mol. The maximum absolute atomic E-state index is 12.4. The van der Waals surface area contributed by atoms with Crippen LogP contribution in [0.4, 0.5) is 11.4 Å². The Morgan fingerprint density at radius 1 is 0.885 bits per heavy atom. The van der Waals surface area contributed by atoms with E-state index >= 15 is 0 Å². The summed E-state index contributed by atoms with van der Waals surface area (Å²) in [6, 6.07) is 8.85. The van der Waals surface area contributed by atoms with Crippen molar-refractivity contribution in [2.45, 2.75) is 0 Å². The molecule has 0 aliphatic rings. The molecule has 136 valence electrons. The highest BCUT2D eigenvalue weighted by atomic mass is 35.5. The number of rotatable bonds is 5. The van der Waals surface area contributed by atoms with E-state index in [2.05, 4.69) is 15.8 Å². The summed E-state index contributed by atoms with van der Waals surface area (Å²) in [7, 11) is 0. The van der Waals surface area contributed by atoms with Gasteiger partial charge in [0.25, 0.3) is 0 Å². The molecular weight excluding hydrogens is 424 g/mol. The Kier molecular flexibility index (Phi) is 7.11. The first-order valence-electron chi connectivity index (χ1n) is 7.01. The van der Waals surface area contributed by atoms with Crippen LogP contribution in [0.2, 0.25) is 20.1 Å². The number of hydrogen-bond acceptors (Lipinski definition) is 4. The van der Waals surface area contributed by atoms with Gasteiger partial charge in [0, 0.05) is 10.0 Å². The molecule has 0 heterocycles. The molecule has 0 aliphatic heterocycles. The van der Waals surface area contributed by atoms with E-state index in [-0.39, 0.29) is 21.4 Å². The second kappa shape index (κ2) is 9.09. The summed E-state index contributed by atoms with van der Waals surface area (Å²) in [4.78, 5) is 24.8. The summed E-state index contributed by atoms with van der Waals surface area (Å²) in [5.41, 5.74) is 0.490. The van der Waals surface area contributed by atoms with Gasteiger partial charge in [-0.05, 0) is 36.4 Å². The van der Waals surface area contributed by atoms with E-state index in [0.717, 1.165) is 6.21 Å². The highest BCUT2D eigenvalue weighted by Gasteiger charge is 2.26. The summed E-state index contributed by atoms with van der Waals surface area (Å²) in [6.45, 7) is 0. The number of halogens is 4. The lowest BCUT2D eigenvalue weighted by atomic mass is 10.1. The van der Waals surface area contributed by atoms with Gasteiger partial charge in [-0.3, -0.25) is 9.59 Å². The van der Waals surface area contributed by atoms with Crippen LogP contribution in [0, 0.1) is 5.92 Å². The van der Waals surface area contributed by atoms with Gasteiger partial charge in [-0.25, -0.2) is 0 Å². The summed E-state index contributed by atoms with van der Waals surface area (Å²) in [5, 5.41) is 17.6. The molecule has 26 heavy (non-hydrogen) atoms. The zero-order valence-corrected chi connectivity index (χ0v) is 15.9. The SMILES string of the molecule is O=C(Nc1ccc(Cl)cc1Cl)C(C=NO)C(=O)Nc1ccc(Cl)cc1Cl. The van der Waals surface area contributed by atoms with E-state index in [4.69, 9.17) is 51.6 Å². The first-order valence-corrected chi connectivity index (χ1v) is 8.52. The lowest BCUT2D eigenvalue weighted by Gasteiger charge is -2.14. The molecule has 0 saturated heterocycles. The van der Waals surface area contributed by atoms with Crippen LogP contribution in [0.15, 0.2) is 41.6 Å². The Hall–Kier alpha value is -1.99. The van der Waals surface area contributed by atoms with Crippen molar-refractivity contribution in [3.05, 3.63) is 56.5 Å². The van der Waals surface area contributed by atoms with Gasteiger partial charge in [0.15, 0.2) is 5.92 Å². The van der Waals surface area contributed by atoms with Gasteiger partial charge >= 0.3 is 0 Å². The van der Waals surface area contributed by atoms with Crippen LogP contribution in [0.5, 0.6) is 0 Å². The van der Waals surface area contributed by atoms with Crippen molar-refractivity contribution in [3.8, 4) is 0 Å². The number of oxime groups is 1. The van der Waals surface area contributed by atoms with E-state index in [9.17, 15) is 9.59 Å². The summed E-state index contributed by atoms with van der Waals surface area (Å²) in [5.74, 6) is -2.98. The van der Waals surface area contributed by atoms with E-state index < -0.39 is 17.7 Å². The van der Waals surface area contributed by atoms with Gasteiger partial charge < -0.3 is 15.8 Å². The van der Waals surface area contributed by atoms with Crippen molar-refractivity contribution in [1.82, 2.24) is 0 Å². The number of anilines is 2. The molecule has 0 fully saturated rings. The maximum atomic E-state index is 12.4. The number of carbonyl (C=O) groups is 2. The predicted octanol–water partition coefficient (Wildman–Crippen LogP) is 4.95. The van der Waals surface area contributed by atoms with E-state index in [0.29, 0.717) is 10.0 Å². The molecule has 6 nitrogen and oxygen atoms in total. The van der Waals surface area contributed by atoms with Crippen molar-refractivity contribution in [3.63, 3.8) is 0 Å².